The van der Waals surface area contributed by atoms with Crippen molar-refractivity contribution in [3.63, 3.8) is 0 Å². The number of rotatable bonds is 5. The van der Waals surface area contributed by atoms with Crippen molar-refractivity contribution < 1.29 is 14.3 Å². The van der Waals surface area contributed by atoms with Crippen LogP contribution in [0.2, 0.25) is 0 Å². The van der Waals surface area contributed by atoms with E-state index in [1.807, 2.05) is 24.3 Å². The van der Waals surface area contributed by atoms with Crippen molar-refractivity contribution in [2.45, 2.75) is 6.42 Å². The van der Waals surface area contributed by atoms with Crippen LogP contribution < -0.4 is 9.47 Å². The number of benzene rings is 2. The molecule has 0 saturated heterocycles. The average Bonchev–Trinajstić information content (AvgIpc) is 2.48. The SMILES string of the molecule is COc1cc(OC)cc(C(=O)Cc2ccc(I)cc2)c1. The lowest BCUT2D eigenvalue weighted by molar-refractivity contribution is 0.0992. The Bertz CT molecular complexity index is 583. The summed E-state index contributed by atoms with van der Waals surface area (Å²) in [6, 6.07) is 13.1. The van der Waals surface area contributed by atoms with Crippen molar-refractivity contribution in [3.8, 4) is 11.5 Å². The van der Waals surface area contributed by atoms with Crippen molar-refractivity contribution in [3.05, 3.63) is 57.2 Å². The summed E-state index contributed by atoms with van der Waals surface area (Å²) >= 11 is 2.24. The predicted octanol–water partition coefficient (Wildman–Crippen LogP) is 3.73. The molecule has 0 aliphatic carbocycles. The van der Waals surface area contributed by atoms with E-state index in [1.165, 1.54) is 0 Å². The van der Waals surface area contributed by atoms with Crippen LogP contribution in [0.3, 0.4) is 0 Å². The van der Waals surface area contributed by atoms with Gasteiger partial charge in [0.15, 0.2) is 5.78 Å². The van der Waals surface area contributed by atoms with Gasteiger partial charge in [-0.1, -0.05) is 12.1 Å². The van der Waals surface area contributed by atoms with E-state index in [2.05, 4.69) is 22.6 Å². The Labute approximate surface area is 132 Å². The van der Waals surface area contributed by atoms with Gasteiger partial charge in [-0.25, -0.2) is 0 Å². The molecule has 2 aromatic carbocycles. The van der Waals surface area contributed by atoms with Gasteiger partial charge in [-0.15, -0.1) is 0 Å². The molecule has 0 bridgehead atoms. The van der Waals surface area contributed by atoms with Crippen LogP contribution in [0.25, 0.3) is 0 Å². The standard InChI is InChI=1S/C16H15IO3/c1-19-14-8-12(9-15(10-14)20-2)16(18)7-11-3-5-13(17)6-4-11/h3-6,8-10H,7H2,1-2H3. The fraction of sp³-hybridized carbons (Fsp3) is 0.188. The second-order valence-corrected chi connectivity index (χ2v) is 5.57. The van der Waals surface area contributed by atoms with Gasteiger partial charge in [-0.3, -0.25) is 4.79 Å². The Hall–Kier alpha value is -1.56. The summed E-state index contributed by atoms with van der Waals surface area (Å²) in [5.41, 5.74) is 1.59. The molecule has 2 rings (SSSR count). The van der Waals surface area contributed by atoms with Crippen molar-refractivity contribution in [1.29, 1.82) is 0 Å². The summed E-state index contributed by atoms with van der Waals surface area (Å²) in [6.07, 6.45) is 0.368. The molecule has 4 heteroatoms. The molecule has 104 valence electrons. The normalized spacial score (nSPS) is 10.2. The Kier molecular flexibility index (Phi) is 5.00. The van der Waals surface area contributed by atoms with Crippen molar-refractivity contribution >= 4 is 28.4 Å². The highest BCUT2D eigenvalue weighted by Gasteiger charge is 2.10. The monoisotopic (exact) mass is 382 g/mol. The summed E-state index contributed by atoms with van der Waals surface area (Å²) in [7, 11) is 3.14. The second-order valence-electron chi connectivity index (χ2n) is 4.33. The highest BCUT2D eigenvalue weighted by molar-refractivity contribution is 14.1. The minimum Gasteiger partial charge on any atom is -0.497 e. The molecule has 2 aromatic rings. The number of hydrogen-bond donors (Lipinski definition) is 0. The zero-order valence-electron chi connectivity index (χ0n) is 11.4. The third kappa shape index (κ3) is 3.72. The molecule has 0 N–H and O–H groups in total. The number of ketones is 1. The quantitative estimate of drug-likeness (QED) is 0.584. The number of hydrogen-bond acceptors (Lipinski definition) is 3. The number of carbonyl (C=O) groups is 1. The van der Waals surface area contributed by atoms with Gasteiger partial charge in [0.25, 0.3) is 0 Å². The van der Waals surface area contributed by atoms with E-state index in [-0.39, 0.29) is 5.78 Å². The number of methoxy groups -OCH3 is 2. The van der Waals surface area contributed by atoms with Gasteiger partial charge in [-0.2, -0.15) is 0 Å². The summed E-state index contributed by atoms with van der Waals surface area (Å²) in [6.45, 7) is 0. The van der Waals surface area contributed by atoms with Crippen LogP contribution in [-0.4, -0.2) is 20.0 Å². The van der Waals surface area contributed by atoms with Crippen LogP contribution in [0.1, 0.15) is 15.9 Å². The zero-order valence-corrected chi connectivity index (χ0v) is 13.5. The zero-order chi connectivity index (χ0) is 14.5. The van der Waals surface area contributed by atoms with Gasteiger partial charge >= 0.3 is 0 Å². The van der Waals surface area contributed by atoms with Crippen molar-refractivity contribution in [2.24, 2.45) is 0 Å². The molecule has 0 heterocycles. The van der Waals surface area contributed by atoms with Crippen LogP contribution in [0.15, 0.2) is 42.5 Å². The lowest BCUT2D eigenvalue weighted by Crippen LogP contribution is -2.04. The second kappa shape index (κ2) is 6.74. The maximum Gasteiger partial charge on any atom is 0.167 e. The Morgan fingerprint density at radius 2 is 1.55 bits per heavy atom. The number of ether oxygens (including phenoxy) is 2. The first kappa shape index (κ1) is 14.8. The number of carbonyl (C=O) groups excluding carboxylic acids is 1. The first-order chi connectivity index (χ1) is 9.62. The van der Waals surface area contributed by atoms with Crippen LogP contribution in [0, 0.1) is 3.57 Å². The highest BCUT2D eigenvalue weighted by Crippen LogP contribution is 2.23. The molecule has 0 spiro atoms. The third-order valence-corrected chi connectivity index (χ3v) is 3.67. The number of halogens is 1. The predicted molar refractivity (Wildman–Crippen MR) is 86.7 cm³/mol. The van der Waals surface area contributed by atoms with E-state index in [1.54, 1.807) is 32.4 Å². The largest absolute Gasteiger partial charge is 0.497 e. The minimum atomic E-state index is 0.0448. The average molecular weight is 382 g/mol. The van der Waals surface area contributed by atoms with Crippen LogP contribution in [-0.2, 0) is 6.42 Å². The lowest BCUT2D eigenvalue weighted by atomic mass is 10.0. The summed E-state index contributed by atoms with van der Waals surface area (Å²) in [5.74, 6) is 1.29. The van der Waals surface area contributed by atoms with Crippen molar-refractivity contribution in [2.75, 3.05) is 14.2 Å². The Balaban J connectivity index is 2.22. The molecule has 20 heavy (non-hydrogen) atoms. The van der Waals surface area contributed by atoms with E-state index < -0.39 is 0 Å². The first-order valence-electron chi connectivity index (χ1n) is 6.13. The highest BCUT2D eigenvalue weighted by atomic mass is 127. The maximum absolute atomic E-state index is 12.3. The van der Waals surface area contributed by atoms with Gasteiger partial charge in [0.2, 0.25) is 0 Å². The van der Waals surface area contributed by atoms with E-state index >= 15 is 0 Å². The summed E-state index contributed by atoms with van der Waals surface area (Å²) in [5, 5.41) is 0. The molecular formula is C16H15IO3. The van der Waals surface area contributed by atoms with E-state index in [9.17, 15) is 4.79 Å². The molecule has 0 aliphatic heterocycles. The smallest absolute Gasteiger partial charge is 0.167 e. The van der Waals surface area contributed by atoms with Crippen LogP contribution in [0.5, 0.6) is 11.5 Å². The Morgan fingerprint density at radius 1 is 1.00 bits per heavy atom. The van der Waals surface area contributed by atoms with Crippen LogP contribution in [0.4, 0.5) is 0 Å². The van der Waals surface area contributed by atoms with Gasteiger partial charge in [0.05, 0.1) is 14.2 Å². The first-order valence-corrected chi connectivity index (χ1v) is 7.21. The molecule has 3 nitrogen and oxygen atoms in total. The molecule has 0 amide bonds. The molecule has 0 fully saturated rings. The van der Waals surface area contributed by atoms with E-state index in [0.29, 0.717) is 23.5 Å². The van der Waals surface area contributed by atoms with Gasteiger partial charge in [-0.05, 0) is 52.4 Å². The van der Waals surface area contributed by atoms with E-state index in [0.717, 1.165) is 9.13 Å². The van der Waals surface area contributed by atoms with E-state index in [4.69, 9.17) is 9.47 Å². The fourth-order valence-corrected chi connectivity index (χ4v) is 2.22. The van der Waals surface area contributed by atoms with Crippen LogP contribution >= 0.6 is 22.6 Å². The van der Waals surface area contributed by atoms with Gasteiger partial charge in [0, 0.05) is 21.6 Å². The lowest BCUT2D eigenvalue weighted by Gasteiger charge is -2.08. The topological polar surface area (TPSA) is 35.5 Å². The van der Waals surface area contributed by atoms with Gasteiger partial charge in [0.1, 0.15) is 11.5 Å². The maximum atomic E-state index is 12.3. The molecule has 0 aliphatic rings. The fourth-order valence-electron chi connectivity index (χ4n) is 1.86. The number of Topliss-reactive ketones (excluding diaryl/α,β-unsaturated/α-hetero) is 1. The molecule has 0 aromatic heterocycles. The molecule has 0 atom stereocenters. The summed E-state index contributed by atoms with van der Waals surface area (Å²) < 4.78 is 11.5. The third-order valence-electron chi connectivity index (χ3n) is 2.95. The summed E-state index contributed by atoms with van der Waals surface area (Å²) in [4.78, 5) is 12.3. The molecular weight excluding hydrogens is 367 g/mol. The molecule has 0 radical (unpaired) electrons. The Morgan fingerprint density at radius 3 is 2.05 bits per heavy atom. The van der Waals surface area contributed by atoms with Crippen molar-refractivity contribution in [1.82, 2.24) is 0 Å². The molecule has 0 unspecified atom stereocenters. The molecule has 0 saturated carbocycles. The minimum absolute atomic E-state index is 0.0448. The van der Waals surface area contributed by atoms with Gasteiger partial charge < -0.3 is 9.47 Å².